The van der Waals surface area contributed by atoms with Gasteiger partial charge in [0.25, 0.3) is 0 Å². The van der Waals surface area contributed by atoms with E-state index in [0.29, 0.717) is 35.7 Å². The Morgan fingerprint density at radius 2 is 0.870 bits per heavy atom. The van der Waals surface area contributed by atoms with Crippen molar-refractivity contribution in [3.05, 3.63) is 119 Å². The van der Waals surface area contributed by atoms with E-state index in [1.165, 1.54) is 12.1 Å². The van der Waals surface area contributed by atoms with E-state index in [0.717, 1.165) is 49.5 Å². The fourth-order valence-electron chi connectivity index (χ4n) is 4.23. The van der Waals surface area contributed by atoms with Gasteiger partial charge in [0.2, 0.25) is 0 Å². The number of nitrogens with zero attached hydrogens (tertiary/aromatic N) is 4. The largest absolute Gasteiger partial charge is 2.00 e. The second-order valence-corrected chi connectivity index (χ2v) is 11.5. The van der Waals surface area contributed by atoms with Crippen LogP contribution in [-0.4, -0.2) is 102 Å². The number of benzene rings is 4. The number of carbonyl (C=O) groups excluding carboxylic acids is 2. The summed E-state index contributed by atoms with van der Waals surface area (Å²) in [5.41, 5.74) is 4.56. The molecule has 0 aliphatic rings. The summed E-state index contributed by atoms with van der Waals surface area (Å²) in [5.74, 6) is -1.19. The predicted octanol–water partition coefficient (Wildman–Crippen LogP) is 1.84. The number of methoxy groups -OCH3 is 2. The zero-order chi connectivity index (χ0) is 39.1. The predicted molar refractivity (Wildman–Crippen MR) is 197 cm³/mol. The van der Waals surface area contributed by atoms with Crippen molar-refractivity contribution >= 4 is 23.4 Å². The summed E-state index contributed by atoms with van der Waals surface area (Å²) >= 11 is 0. The summed E-state index contributed by atoms with van der Waals surface area (Å²) in [6.45, 7) is 4.90. The van der Waals surface area contributed by atoms with Gasteiger partial charge in [-0.25, -0.2) is 0 Å². The Kier molecular flexibility index (Phi) is 27.4. The second-order valence-electron chi connectivity index (χ2n) is 11.5. The van der Waals surface area contributed by atoms with Crippen LogP contribution in [0.3, 0.4) is 0 Å². The Morgan fingerprint density at radius 3 is 1.11 bits per heavy atom. The van der Waals surface area contributed by atoms with Crippen LogP contribution in [0.5, 0.6) is 23.0 Å². The molecule has 4 aromatic rings. The van der Waals surface area contributed by atoms with Crippen LogP contribution < -0.4 is 29.9 Å². The van der Waals surface area contributed by atoms with E-state index in [1.807, 2.05) is 88.9 Å². The average molecular weight is 840 g/mol. The number of carbonyl (C=O) groups is 2. The molecule has 0 bridgehead atoms. The number of likely N-dealkylation sites (N-methyl/N-ethyl adjacent to an activating group) is 2. The Labute approximate surface area is 340 Å². The molecule has 0 spiro atoms. The van der Waals surface area contributed by atoms with Crippen molar-refractivity contribution in [2.24, 2.45) is 9.98 Å². The van der Waals surface area contributed by atoms with Crippen LogP contribution in [0, 0.1) is 0 Å². The maximum Gasteiger partial charge on any atom is 2.00 e. The topological polar surface area (TPSA) is 176 Å². The minimum Gasteiger partial charge on any atom is -0.872 e. The van der Waals surface area contributed by atoms with Crippen molar-refractivity contribution in [1.82, 2.24) is 9.80 Å². The van der Waals surface area contributed by atoms with Crippen molar-refractivity contribution in [2.75, 3.05) is 68.6 Å². The number of hydrogen-bond acceptors (Lipinski definition) is 12. The number of aliphatic imine (C=N–C) groups is 2. The Morgan fingerprint density at radius 1 is 0.574 bits per heavy atom. The summed E-state index contributed by atoms with van der Waals surface area (Å²) in [6, 6.07) is 29.7. The van der Waals surface area contributed by atoms with E-state index in [1.54, 1.807) is 38.5 Å². The van der Waals surface area contributed by atoms with Crippen molar-refractivity contribution < 1.29 is 73.6 Å². The molecule has 12 nitrogen and oxygen atoms in total. The van der Waals surface area contributed by atoms with Crippen LogP contribution in [-0.2, 0) is 43.7 Å². The summed E-state index contributed by atoms with van der Waals surface area (Å²) in [4.78, 5) is 31.2. The first-order valence-corrected chi connectivity index (χ1v) is 16.2. The molecule has 0 heterocycles. The molecule has 0 atom stereocenters. The molecule has 2 radical (unpaired) electrons. The number of carboxylic acids is 2. The summed E-state index contributed by atoms with van der Waals surface area (Å²) in [5, 5.41) is 42.5. The maximum atomic E-state index is 12.3. The minimum absolute atomic E-state index is 0. The molecule has 0 aromatic heterocycles. The molecule has 54 heavy (non-hydrogen) atoms. The van der Waals surface area contributed by atoms with Gasteiger partial charge in [-0.3, -0.25) is 9.98 Å². The first-order valence-electron chi connectivity index (χ1n) is 16.2. The van der Waals surface area contributed by atoms with Crippen LogP contribution in [0.2, 0.25) is 0 Å². The molecule has 0 fully saturated rings. The molecule has 0 unspecified atom stereocenters. The van der Waals surface area contributed by atoms with E-state index < -0.39 is 11.9 Å². The standard InChI is InChI=1S/2C18H22N2O2.2C2H4O2.2Cu/c2*1-20(2)12-11-19-18(14-7-5-4-6-8-14)16-10-9-15(22-3)13-17(16)21;2*1-2(3)4;;/h2*4-10,13,21H,11-12H2,1-3H3;2*1H3,(H,3,4);;/q;;;;2*+2/p-4. The SMILES string of the molecule is CC(=O)[O-].CC(=O)[O-].COc1ccc(C(=NCCN(C)C)c2ccccc2)c([O-])c1.COc1ccc(C(=NCCN(C)C)c2ccccc2)c([O-])c1.[Cu+2].[Cu+2]. The zero-order valence-electron chi connectivity index (χ0n) is 31.7. The Bertz CT molecular complexity index is 1590. The monoisotopic (exact) mass is 838 g/mol. The number of carboxylic acid groups (broad SMARTS) is 2. The van der Waals surface area contributed by atoms with Crippen LogP contribution in [0.15, 0.2) is 107 Å². The first kappa shape index (κ1) is 51.4. The quantitative estimate of drug-likeness (QED) is 0.151. The molecule has 0 aliphatic carbocycles. The van der Waals surface area contributed by atoms with Crippen LogP contribution in [0.4, 0.5) is 0 Å². The first-order chi connectivity index (χ1) is 24.7. The molecule has 0 amide bonds. The van der Waals surface area contributed by atoms with E-state index in [2.05, 4.69) is 19.8 Å². The van der Waals surface area contributed by atoms with Crippen molar-refractivity contribution in [3.63, 3.8) is 0 Å². The van der Waals surface area contributed by atoms with Gasteiger partial charge in [0.15, 0.2) is 0 Å². The number of aliphatic carboxylic acids is 2. The molecule has 298 valence electrons. The third kappa shape index (κ3) is 21.1. The average Bonchev–Trinajstić information content (AvgIpc) is 3.09. The molecular weight excluding hydrogens is 792 g/mol. The van der Waals surface area contributed by atoms with Gasteiger partial charge in [0, 0.05) is 36.2 Å². The maximum absolute atomic E-state index is 12.3. The smallest absolute Gasteiger partial charge is 0.872 e. The van der Waals surface area contributed by atoms with E-state index in [-0.39, 0.29) is 45.6 Å². The van der Waals surface area contributed by atoms with Crippen LogP contribution in [0.25, 0.3) is 0 Å². The zero-order valence-corrected chi connectivity index (χ0v) is 33.6. The van der Waals surface area contributed by atoms with E-state index >= 15 is 0 Å². The summed E-state index contributed by atoms with van der Waals surface area (Å²) in [6.07, 6.45) is 0. The van der Waals surface area contributed by atoms with Crippen molar-refractivity contribution in [3.8, 4) is 23.0 Å². The van der Waals surface area contributed by atoms with Crippen molar-refractivity contribution in [1.29, 1.82) is 0 Å². The van der Waals surface area contributed by atoms with Gasteiger partial charge in [-0.2, -0.15) is 0 Å². The fraction of sp³-hybridized carbons (Fsp3) is 0.300. The molecule has 14 heteroatoms. The minimum atomic E-state index is -1.08. The van der Waals surface area contributed by atoms with Crippen LogP contribution >= 0.6 is 0 Å². The summed E-state index contributed by atoms with van der Waals surface area (Å²) < 4.78 is 10.2. The molecule has 0 saturated heterocycles. The van der Waals surface area contributed by atoms with Gasteiger partial charge >= 0.3 is 34.1 Å². The number of rotatable bonds is 12. The van der Waals surface area contributed by atoms with Crippen LogP contribution in [0.1, 0.15) is 36.1 Å². The van der Waals surface area contributed by atoms with Gasteiger partial charge in [-0.15, -0.1) is 0 Å². The molecular formula is C40H48Cu2N4O8. The number of ether oxygens (including phenoxy) is 2. The molecule has 4 aromatic carbocycles. The third-order valence-corrected chi connectivity index (χ3v) is 6.62. The van der Waals surface area contributed by atoms with Crippen molar-refractivity contribution in [2.45, 2.75) is 13.8 Å². The van der Waals surface area contributed by atoms with Gasteiger partial charge in [-0.05, 0) is 89.6 Å². The van der Waals surface area contributed by atoms with Gasteiger partial charge in [0.05, 0.1) is 38.7 Å². The second kappa shape index (κ2) is 28.8. The van der Waals surface area contributed by atoms with E-state index in [9.17, 15) is 10.2 Å². The molecule has 0 saturated carbocycles. The third-order valence-electron chi connectivity index (χ3n) is 6.62. The summed E-state index contributed by atoms with van der Waals surface area (Å²) in [7, 11) is 11.1. The van der Waals surface area contributed by atoms with Gasteiger partial charge in [0.1, 0.15) is 11.5 Å². The Hall–Kier alpha value is -4.68. The van der Waals surface area contributed by atoms with Gasteiger partial charge < -0.3 is 49.3 Å². The molecule has 4 rings (SSSR count). The Balaban J connectivity index is 0. The number of hydrogen-bond donors (Lipinski definition) is 0. The fourth-order valence-corrected chi connectivity index (χ4v) is 4.23. The normalized spacial score (nSPS) is 10.5. The van der Waals surface area contributed by atoms with E-state index in [4.69, 9.17) is 29.3 Å². The molecule has 0 aliphatic heterocycles. The molecule has 0 N–H and O–H groups in total. The van der Waals surface area contributed by atoms with Gasteiger partial charge in [-0.1, -0.05) is 72.2 Å².